The van der Waals surface area contributed by atoms with Crippen molar-refractivity contribution in [3.05, 3.63) is 87.5 Å². The molecule has 160 valence electrons. The van der Waals surface area contributed by atoms with Crippen molar-refractivity contribution in [2.24, 2.45) is 0 Å². The first kappa shape index (κ1) is 21.0. The molecule has 1 fully saturated rings. The van der Waals surface area contributed by atoms with E-state index in [1.54, 1.807) is 0 Å². The minimum absolute atomic E-state index is 0.0351. The van der Waals surface area contributed by atoms with Gasteiger partial charge in [-0.2, -0.15) is 0 Å². The molecule has 0 spiro atoms. The molecular weight excluding hydrogens is 390 g/mol. The molecule has 0 heterocycles. The first-order valence-electron chi connectivity index (χ1n) is 11.0. The topological polar surface area (TPSA) is 69.4 Å². The zero-order valence-corrected chi connectivity index (χ0v) is 17.8. The van der Waals surface area contributed by atoms with Gasteiger partial charge < -0.3 is 4.74 Å². The molecule has 1 aliphatic carbocycles. The summed E-state index contributed by atoms with van der Waals surface area (Å²) in [5.74, 6) is -0.257. The largest absolute Gasteiger partial charge is 0.458 e. The Labute approximate surface area is 182 Å². The summed E-state index contributed by atoms with van der Waals surface area (Å²) in [5.41, 5.74) is 2.97. The standard InChI is InChI=1S/C26H27NO4/c1-2-7-19-13-12-18-8-3-4-9-22(18)25(19)23-10-5-6-11-24(23)31-26(28)20-14-16-21(17-15-20)27(29)30/h3-4,8-9,12-17,23-24H,2,5-7,10-11H2,1H3/t23-,24+/m0/s1. The van der Waals surface area contributed by atoms with E-state index in [9.17, 15) is 14.9 Å². The molecule has 0 saturated heterocycles. The summed E-state index contributed by atoms with van der Waals surface area (Å²) >= 11 is 0. The van der Waals surface area contributed by atoms with Crippen LogP contribution in [-0.4, -0.2) is 17.0 Å². The molecule has 0 aromatic heterocycles. The number of non-ortho nitro benzene ring substituents is 1. The monoisotopic (exact) mass is 417 g/mol. The molecule has 0 unspecified atom stereocenters. The normalized spacial score (nSPS) is 18.6. The number of aryl methyl sites for hydroxylation is 1. The van der Waals surface area contributed by atoms with E-state index < -0.39 is 10.9 Å². The Morgan fingerprint density at radius 3 is 2.52 bits per heavy atom. The molecule has 0 N–H and O–H groups in total. The predicted octanol–water partition coefficient (Wildman–Crippen LogP) is 6.58. The third kappa shape index (κ3) is 4.46. The summed E-state index contributed by atoms with van der Waals surface area (Å²) in [6.45, 7) is 2.19. The molecule has 4 rings (SSSR count). The van der Waals surface area contributed by atoms with Crippen LogP contribution in [0.4, 0.5) is 5.69 Å². The lowest BCUT2D eigenvalue weighted by molar-refractivity contribution is -0.384. The number of hydrogen-bond donors (Lipinski definition) is 0. The average molecular weight is 418 g/mol. The van der Waals surface area contributed by atoms with Crippen LogP contribution in [0.5, 0.6) is 0 Å². The van der Waals surface area contributed by atoms with Crippen molar-refractivity contribution in [2.75, 3.05) is 0 Å². The van der Waals surface area contributed by atoms with E-state index in [-0.39, 0.29) is 17.7 Å². The number of benzene rings is 3. The van der Waals surface area contributed by atoms with Gasteiger partial charge >= 0.3 is 5.97 Å². The number of nitro benzene ring substituents is 1. The number of fused-ring (bicyclic) bond motifs is 1. The van der Waals surface area contributed by atoms with Gasteiger partial charge in [-0.15, -0.1) is 0 Å². The number of rotatable bonds is 6. The molecule has 0 aliphatic heterocycles. The van der Waals surface area contributed by atoms with Gasteiger partial charge in [-0.3, -0.25) is 10.1 Å². The van der Waals surface area contributed by atoms with E-state index in [0.29, 0.717) is 5.56 Å². The maximum atomic E-state index is 12.9. The van der Waals surface area contributed by atoms with E-state index in [1.165, 1.54) is 46.2 Å². The van der Waals surface area contributed by atoms with E-state index in [0.717, 1.165) is 38.5 Å². The van der Waals surface area contributed by atoms with Gasteiger partial charge in [0.25, 0.3) is 5.69 Å². The Hall–Kier alpha value is -3.21. The van der Waals surface area contributed by atoms with Gasteiger partial charge in [0.1, 0.15) is 6.10 Å². The fraction of sp³-hybridized carbons (Fsp3) is 0.346. The number of carbonyl (C=O) groups excluding carboxylic acids is 1. The summed E-state index contributed by atoms with van der Waals surface area (Å²) in [4.78, 5) is 23.3. The van der Waals surface area contributed by atoms with Gasteiger partial charge in [-0.1, -0.05) is 56.2 Å². The highest BCUT2D eigenvalue weighted by Gasteiger charge is 2.32. The Morgan fingerprint density at radius 1 is 1.03 bits per heavy atom. The molecule has 0 bridgehead atoms. The second-order valence-corrected chi connectivity index (χ2v) is 8.25. The molecule has 1 aliphatic rings. The molecule has 0 amide bonds. The molecule has 2 atom stereocenters. The van der Waals surface area contributed by atoms with Crippen LogP contribution in [0.1, 0.15) is 66.4 Å². The highest BCUT2D eigenvalue weighted by molar-refractivity contribution is 5.90. The van der Waals surface area contributed by atoms with Gasteiger partial charge in [-0.25, -0.2) is 4.79 Å². The second kappa shape index (κ2) is 9.29. The van der Waals surface area contributed by atoms with Crippen LogP contribution in [-0.2, 0) is 11.2 Å². The maximum Gasteiger partial charge on any atom is 0.338 e. The Balaban J connectivity index is 1.66. The highest BCUT2D eigenvalue weighted by Crippen LogP contribution is 2.41. The van der Waals surface area contributed by atoms with Gasteiger partial charge in [0.15, 0.2) is 0 Å². The van der Waals surface area contributed by atoms with Crippen molar-refractivity contribution in [1.82, 2.24) is 0 Å². The summed E-state index contributed by atoms with van der Waals surface area (Å²) in [7, 11) is 0. The van der Waals surface area contributed by atoms with Crippen LogP contribution in [0.2, 0.25) is 0 Å². The lowest BCUT2D eigenvalue weighted by Gasteiger charge is -2.33. The number of nitrogens with zero attached hydrogens (tertiary/aromatic N) is 1. The van der Waals surface area contributed by atoms with E-state index >= 15 is 0 Å². The van der Waals surface area contributed by atoms with Crippen molar-refractivity contribution in [3.63, 3.8) is 0 Å². The molecule has 3 aromatic rings. The van der Waals surface area contributed by atoms with Gasteiger partial charge in [0.2, 0.25) is 0 Å². The summed E-state index contributed by atoms with van der Waals surface area (Å²) in [5, 5.41) is 13.3. The third-order valence-corrected chi connectivity index (χ3v) is 6.23. The second-order valence-electron chi connectivity index (χ2n) is 8.25. The van der Waals surface area contributed by atoms with E-state index in [4.69, 9.17) is 4.74 Å². The zero-order valence-electron chi connectivity index (χ0n) is 17.8. The smallest absolute Gasteiger partial charge is 0.338 e. The van der Waals surface area contributed by atoms with Crippen LogP contribution < -0.4 is 0 Å². The Morgan fingerprint density at radius 2 is 1.77 bits per heavy atom. The highest BCUT2D eigenvalue weighted by atomic mass is 16.6. The van der Waals surface area contributed by atoms with Gasteiger partial charge in [-0.05, 0) is 59.7 Å². The van der Waals surface area contributed by atoms with Crippen molar-refractivity contribution in [3.8, 4) is 0 Å². The number of nitro groups is 1. The molecule has 3 aromatic carbocycles. The fourth-order valence-corrected chi connectivity index (χ4v) is 4.76. The first-order valence-corrected chi connectivity index (χ1v) is 11.0. The van der Waals surface area contributed by atoms with E-state index in [1.807, 2.05) is 0 Å². The lowest BCUT2D eigenvalue weighted by atomic mass is 9.77. The van der Waals surface area contributed by atoms with Crippen LogP contribution in [0, 0.1) is 10.1 Å². The molecule has 0 radical (unpaired) electrons. The quantitative estimate of drug-likeness (QED) is 0.258. The molecule has 31 heavy (non-hydrogen) atoms. The third-order valence-electron chi connectivity index (χ3n) is 6.23. The minimum atomic E-state index is -0.470. The summed E-state index contributed by atoms with van der Waals surface area (Å²) < 4.78 is 6.02. The van der Waals surface area contributed by atoms with Crippen molar-refractivity contribution in [2.45, 2.75) is 57.5 Å². The summed E-state index contributed by atoms with van der Waals surface area (Å²) in [6, 6.07) is 18.5. The predicted molar refractivity (Wildman–Crippen MR) is 121 cm³/mol. The lowest BCUT2D eigenvalue weighted by Crippen LogP contribution is -2.29. The Kier molecular flexibility index (Phi) is 6.31. The van der Waals surface area contributed by atoms with Crippen LogP contribution >= 0.6 is 0 Å². The van der Waals surface area contributed by atoms with Crippen LogP contribution in [0.15, 0.2) is 60.7 Å². The zero-order chi connectivity index (χ0) is 21.8. The van der Waals surface area contributed by atoms with Crippen molar-refractivity contribution < 1.29 is 14.5 Å². The van der Waals surface area contributed by atoms with Crippen LogP contribution in [0.3, 0.4) is 0 Å². The molecule has 5 nitrogen and oxygen atoms in total. The SMILES string of the molecule is CCCc1ccc2ccccc2c1[C@H]1CCCC[C@H]1OC(=O)c1ccc([N+](=O)[O-])cc1. The minimum Gasteiger partial charge on any atom is -0.458 e. The van der Waals surface area contributed by atoms with Gasteiger partial charge in [0, 0.05) is 18.1 Å². The molecular formula is C26H27NO4. The fourth-order valence-electron chi connectivity index (χ4n) is 4.76. The van der Waals surface area contributed by atoms with Crippen molar-refractivity contribution >= 4 is 22.4 Å². The average Bonchev–Trinajstić information content (AvgIpc) is 2.80. The maximum absolute atomic E-state index is 12.9. The number of hydrogen-bond acceptors (Lipinski definition) is 4. The Bertz CT molecular complexity index is 1090. The van der Waals surface area contributed by atoms with Crippen molar-refractivity contribution in [1.29, 1.82) is 0 Å². The molecule has 5 heteroatoms. The number of esters is 1. The molecule has 1 saturated carbocycles. The number of carbonyl (C=O) groups is 1. The number of ether oxygens (including phenoxy) is 1. The van der Waals surface area contributed by atoms with E-state index in [2.05, 4.69) is 43.3 Å². The first-order chi connectivity index (χ1) is 15.1. The van der Waals surface area contributed by atoms with Crippen LogP contribution in [0.25, 0.3) is 10.8 Å². The summed E-state index contributed by atoms with van der Waals surface area (Å²) in [6.07, 6.45) is 5.83. The van der Waals surface area contributed by atoms with Gasteiger partial charge in [0.05, 0.1) is 10.5 Å².